The fourth-order valence-corrected chi connectivity index (χ4v) is 11.0. The number of benzene rings is 6. The van der Waals surface area contributed by atoms with Crippen molar-refractivity contribution in [2.75, 3.05) is 12.5 Å². The van der Waals surface area contributed by atoms with Gasteiger partial charge in [-0.2, -0.15) is 52.7 Å². The predicted molar refractivity (Wildman–Crippen MR) is 229 cm³/mol. The molecule has 0 heterocycles. The van der Waals surface area contributed by atoms with Crippen molar-refractivity contribution >= 4 is 63.6 Å². The van der Waals surface area contributed by atoms with Crippen LogP contribution in [-0.4, -0.2) is 57.9 Å². The highest BCUT2D eigenvalue weighted by Crippen LogP contribution is 2.41. The normalized spacial score (nSPS) is 12.5. The van der Waals surface area contributed by atoms with Crippen LogP contribution in [0.5, 0.6) is 0 Å². The van der Waals surface area contributed by atoms with E-state index in [2.05, 4.69) is 0 Å². The van der Waals surface area contributed by atoms with E-state index in [1.54, 1.807) is 12.3 Å². The number of hydrogen-bond donors (Lipinski definition) is 0. The molecule has 8 nitrogen and oxygen atoms in total. The van der Waals surface area contributed by atoms with Crippen molar-refractivity contribution in [3.63, 3.8) is 0 Å². The third-order valence-electron chi connectivity index (χ3n) is 8.09. The van der Waals surface area contributed by atoms with E-state index in [0.29, 0.717) is 9.79 Å². The molecule has 0 unspecified atom stereocenters. The molecule has 68 heavy (non-hydrogen) atoms. The van der Waals surface area contributed by atoms with Gasteiger partial charge in [0.15, 0.2) is 59.4 Å². The van der Waals surface area contributed by atoms with Crippen LogP contribution in [0.2, 0.25) is 0 Å². The smallest absolute Gasteiger partial charge is 0.485 e. The molecule has 6 rings (SSSR count). The summed E-state index contributed by atoms with van der Waals surface area (Å²) in [6, 6.07) is 45.9. The van der Waals surface area contributed by atoms with E-state index in [1.807, 2.05) is 127 Å². The van der Waals surface area contributed by atoms with Crippen LogP contribution >= 0.6 is 11.8 Å². The monoisotopic (exact) mass is 1080 g/mol. The molecular weight excluding hydrogens is 1050 g/mol. The summed E-state index contributed by atoms with van der Waals surface area (Å²) in [6.45, 7) is 0. The molecule has 0 fully saturated rings. The molecular formula is C42H32F12O8S6. The van der Waals surface area contributed by atoms with Crippen LogP contribution in [0.3, 0.4) is 0 Å². The van der Waals surface area contributed by atoms with E-state index < -0.39 is 91.3 Å². The van der Waals surface area contributed by atoms with Crippen LogP contribution < -0.4 is 0 Å². The molecule has 0 amide bonds. The number of rotatable bonds is 8. The first-order valence-electron chi connectivity index (χ1n) is 18.1. The van der Waals surface area contributed by atoms with Gasteiger partial charge in [-0.25, -0.2) is 25.3 Å². The lowest BCUT2D eigenvalue weighted by atomic mass is 10.2. The average Bonchev–Trinajstić information content (AvgIpc) is 3.24. The average molecular weight is 1090 g/mol. The Morgan fingerprint density at radius 3 is 0.912 bits per heavy atom. The van der Waals surface area contributed by atoms with Gasteiger partial charge in [0, 0.05) is 23.3 Å². The highest BCUT2D eigenvalue weighted by atomic mass is 32.2. The van der Waals surface area contributed by atoms with Crippen molar-refractivity contribution < 1.29 is 87.0 Å². The third kappa shape index (κ3) is 16.8. The van der Waals surface area contributed by atoms with Crippen molar-refractivity contribution in [2.45, 2.75) is 62.5 Å². The molecule has 26 heteroatoms. The first kappa shape index (κ1) is 57.6. The zero-order chi connectivity index (χ0) is 51.5. The van der Waals surface area contributed by atoms with Crippen molar-refractivity contribution in [2.24, 2.45) is 0 Å². The number of thioether (sulfide) groups is 1. The summed E-state index contributed by atoms with van der Waals surface area (Å²) in [6.07, 6.45) is -6.68. The molecule has 0 aliphatic rings. The maximum atomic E-state index is 13.6. The van der Waals surface area contributed by atoms with Gasteiger partial charge in [0.05, 0.1) is 37.8 Å². The second-order valence-corrected chi connectivity index (χ2v) is 22.6. The standard InChI is InChI=1S/C20H16F3O2S2.C20H16F3S2.2CHF3O3S/c1-27(24,25)19-13-12-17(14-18(19)20(21,22)23)26(15-8-4-2-5-9-15)16-10-6-3-7-11-16;1-24-19-13-12-17(14-18(19)20(21,22)23)25(15-8-4-2-5-9-15)16-10-6-3-7-11-16;2*2-1(3,4)8(5,6)7/h2-14H,1H3;2-14H,1H3;2*(H,5,6,7)/q2*+1;;/p-2. The van der Waals surface area contributed by atoms with E-state index >= 15 is 0 Å². The van der Waals surface area contributed by atoms with Crippen LogP contribution in [0, 0.1) is 0 Å². The van der Waals surface area contributed by atoms with Crippen LogP contribution in [0.25, 0.3) is 0 Å². The van der Waals surface area contributed by atoms with Gasteiger partial charge in [-0.1, -0.05) is 72.8 Å². The van der Waals surface area contributed by atoms with Crippen LogP contribution in [-0.2, 0) is 64.2 Å². The van der Waals surface area contributed by atoms with Gasteiger partial charge in [0.2, 0.25) is 0 Å². The zero-order valence-corrected chi connectivity index (χ0v) is 39.2. The first-order chi connectivity index (χ1) is 31.2. The quantitative estimate of drug-likeness (QED) is 0.0477. The molecule has 0 spiro atoms. The molecule has 0 atom stereocenters. The zero-order valence-electron chi connectivity index (χ0n) is 34.3. The van der Waals surface area contributed by atoms with Gasteiger partial charge >= 0.3 is 23.4 Å². The summed E-state index contributed by atoms with van der Waals surface area (Å²) in [5.41, 5.74) is -13.0. The highest BCUT2D eigenvalue weighted by molar-refractivity contribution is 7.98. The molecule has 6 aromatic rings. The molecule has 0 radical (unpaired) electrons. The summed E-state index contributed by atoms with van der Waals surface area (Å²) >= 11 is 1.12. The van der Waals surface area contributed by atoms with E-state index in [4.69, 9.17) is 25.9 Å². The Balaban J connectivity index is 0.000000274. The fourth-order valence-electron chi connectivity index (χ4n) is 5.26. The number of halogens is 12. The largest absolute Gasteiger partial charge is 0.741 e. The van der Waals surface area contributed by atoms with E-state index in [0.717, 1.165) is 49.7 Å². The van der Waals surface area contributed by atoms with Crippen molar-refractivity contribution in [3.8, 4) is 0 Å². The summed E-state index contributed by atoms with van der Waals surface area (Å²) in [5, 5.41) is 0. The Bertz CT molecular complexity index is 2780. The molecule has 0 saturated carbocycles. The summed E-state index contributed by atoms with van der Waals surface area (Å²) < 4.78 is 223. The predicted octanol–water partition coefficient (Wildman–Crippen LogP) is 11.8. The fraction of sp³-hybridized carbons (Fsp3) is 0.143. The lowest BCUT2D eigenvalue weighted by Crippen LogP contribution is -2.21. The van der Waals surface area contributed by atoms with Gasteiger partial charge in [0.1, 0.15) is 0 Å². The maximum absolute atomic E-state index is 13.6. The van der Waals surface area contributed by atoms with Gasteiger partial charge in [0.25, 0.3) is 0 Å². The van der Waals surface area contributed by atoms with E-state index in [9.17, 15) is 61.1 Å². The minimum Gasteiger partial charge on any atom is -0.741 e. The summed E-state index contributed by atoms with van der Waals surface area (Å²) in [5.74, 6) is 0. The lowest BCUT2D eigenvalue weighted by Gasteiger charge is -2.14. The molecule has 0 bridgehead atoms. The molecule has 0 N–H and O–H groups in total. The van der Waals surface area contributed by atoms with Gasteiger partial charge < -0.3 is 9.11 Å². The Morgan fingerprint density at radius 2 is 0.676 bits per heavy atom. The molecule has 0 aliphatic heterocycles. The molecule has 0 saturated heterocycles. The number of hydrogen-bond acceptors (Lipinski definition) is 9. The van der Waals surface area contributed by atoms with Crippen molar-refractivity contribution in [1.82, 2.24) is 0 Å². The molecule has 6 aromatic carbocycles. The van der Waals surface area contributed by atoms with E-state index in [-0.39, 0.29) is 4.90 Å². The number of alkyl halides is 12. The Labute approximate surface area is 392 Å². The summed E-state index contributed by atoms with van der Waals surface area (Å²) in [4.78, 5) is 4.32. The molecule has 0 aromatic heterocycles. The van der Waals surface area contributed by atoms with Crippen molar-refractivity contribution in [1.29, 1.82) is 0 Å². The molecule has 368 valence electrons. The highest BCUT2D eigenvalue weighted by Gasteiger charge is 2.41. The lowest BCUT2D eigenvalue weighted by molar-refractivity contribution is -0.140. The second-order valence-electron chi connectivity index (χ2n) is 13.0. The van der Waals surface area contributed by atoms with Crippen LogP contribution in [0.1, 0.15) is 11.1 Å². The summed E-state index contributed by atoms with van der Waals surface area (Å²) in [7, 11) is -17.6. The third-order valence-corrected chi connectivity index (χ3v) is 15.6. The first-order valence-corrected chi connectivity index (χ1v) is 26.5. The van der Waals surface area contributed by atoms with E-state index in [1.165, 1.54) is 12.1 Å². The minimum atomic E-state index is -6.09. The Kier molecular flexibility index (Phi) is 19.7. The Hall–Kier alpha value is -4.70. The van der Waals surface area contributed by atoms with Gasteiger partial charge in [-0.3, -0.25) is 0 Å². The molecule has 0 aliphatic carbocycles. The maximum Gasteiger partial charge on any atom is 0.485 e. The van der Waals surface area contributed by atoms with Gasteiger partial charge in [-0.05, 0) is 79.1 Å². The van der Waals surface area contributed by atoms with Crippen LogP contribution in [0.4, 0.5) is 52.7 Å². The SMILES string of the molecule is CS(=O)(=O)c1ccc([S+](c2ccccc2)c2ccccc2)cc1C(F)(F)F.CSc1ccc([S+](c2ccccc2)c2ccccc2)cc1C(F)(F)F.O=S(=O)([O-])C(F)(F)F.O=S(=O)([O-])C(F)(F)F. The number of sulfone groups is 1. The van der Waals surface area contributed by atoms with Crippen LogP contribution in [0.15, 0.2) is 197 Å². The van der Waals surface area contributed by atoms with Crippen molar-refractivity contribution in [3.05, 3.63) is 169 Å². The Morgan fingerprint density at radius 1 is 0.412 bits per heavy atom. The minimum absolute atomic E-state index is 0.251. The topological polar surface area (TPSA) is 149 Å². The van der Waals surface area contributed by atoms with Gasteiger partial charge in [-0.15, -0.1) is 11.8 Å². The second kappa shape index (κ2) is 23.3.